The Hall–Kier alpha value is -4.44. The molecule has 0 saturated heterocycles. The van der Waals surface area contributed by atoms with Gasteiger partial charge in [-0.05, 0) is 41.5 Å². The second-order valence-corrected chi connectivity index (χ2v) is 12.1. The maximum Gasteiger partial charge on any atom is 0.320 e. The molecule has 0 fully saturated rings. The molecule has 0 spiro atoms. The zero-order chi connectivity index (χ0) is 42.8. The van der Waals surface area contributed by atoms with Crippen molar-refractivity contribution in [1.29, 1.82) is 0 Å². The van der Waals surface area contributed by atoms with Gasteiger partial charge in [0, 0.05) is 52.4 Å². The Morgan fingerprint density at radius 1 is 0.333 bits per heavy atom. The predicted octanol–water partition coefficient (Wildman–Crippen LogP) is -2.61. The molecular formula is C36H65N7O14. The zero-order valence-corrected chi connectivity index (χ0v) is 34.6. The first kappa shape index (κ1) is 52.6. The first-order chi connectivity index (χ1) is 27.3. The molecule has 0 saturated carbocycles. The van der Waals surface area contributed by atoms with E-state index >= 15 is 0 Å². The van der Waals surface area contributed by atoms with E-state index in [0.717, 1.165) is 0 Å². The van der Waals surface area contributed by atoms with Crippen LogP contribution in [-0.4, -0.2) is 212 Å². The molecule has 0 bridgehead atoms. The highest BCUT2D eigenvalue weighted by molar-refractivity contribution is 5.80. The summed E-state index contributed by atoms with van der Waals surface area (Å²) in [5.74, 6) is -3.93. The molecule has 0 aliphatic carbocycles. The second kappa shape index (κ2) is 33.7. The van der Waals surface area contributed by atoms with E-state index in [1.54, 1.807) is 51.3 Å². The quantitative estimate of drug-likeness (QED) is 0.0343. The van der Waals surface area contributed by atoms with Crippen LogP contribution in [0.4, 0.5) is 0 Å². The summed E-state index contributed by atoms with van der Waals surface area (Å²) < 4.78 is 30.1. The van der Waals surface area contributed by atoms with Gasteiger partial charge in [-0.1, -0.05) is 0 Å². The minimum Gasteiger partial charge on any atom is -0.465 e. The molecule has 328 valence electrons. The lowest BCUT2D eigenvalue weighted by molar-refractivity contribution is -0.150. The average molecular weight is 820 g/mol. The summed E-state index contributed by atoms with van der Waals surface area (Å²) >= 11 is 0. The topological polar surface area (TPSA) is 241 Å². The van der Waals surface area contributed by atoms with Crippen LogP contribution < -0.4 is 16.0 Å². The van der Waals surface area contributed by atoms with Gasteiger partial charge in [-0.3, -0.25) is 58.0 Å². The summed E-state index contributed by atoms with van der Waals surface area (Å²) in [7, 11) is 0. The summed E-state index contributed by atoms with van der Waals surface area (Å²) in [6.45, 7) is 11.4. The van der Waals surface area contributed by atoms with Crippen molar-refractivity contribution in [2.75, 3.05) is 144 Å². The van der Waals surface area contributed by atoms with Gasteiger partial charge in [-0.25, -0.2) is 0 Å². The second-order valence-electron chi connectivity index (χ2n) is 12.1. The molecule has 0 radical (unpaired) electrons. The Kier molecular flexibility index (Phi) is 31.1. The van der Waals surface area contributed by atoms with Crippen LogP contribution >= 0.6 is 0 Å². The van der Waals surface area contributed by atoms with Crippen LogP contribution in [0.25, 0.3) is 0 Å². The largest absolute Gasteiger partial charge is 0.465 e. The molecule has 0 aromatic carbocycles. The number of nitrogens with one attached hydrogen (secondary N) is 3. The normalized spacial score (nSPS) is 11.0. The Bertz CT molecular complexity index is 1100. The Balaban J connectivity index is 5.02. The highest BCUT2D eigenvalue weighted by Gasteiger charge is 2.22. The summed E-state index contributed by atoms with van der Waals surface area (Å²) in [5, 5.41) is 8.63. The fraction of sp³-hybridized carbons (Fsp3) is 0.778. The third kappa shape index (κ3) is 29.5. The minimum atomic E-state index is -0.537. The van der Waals surface area contributed by atoms with Gasteiger partial charge in [0.2, 0.25) is 11.8 Å². The highest BCUT2D eigenvalue weighted by atomic mass is 16.6. The van der Waals surface area contributed by atoms with E-state index < -0.39 is 35.8 Å². The number of ether oxygens (including phenoxy) is 6. The smallest absolute Gasteiger partial charge is 0.320 e. The van der Waals surface area contributed by atoms with E-state index in [2.05, 4.69) is 16.0 Å². The van der Waals surface area contributed by atoms with Crippen LogP contribution in [0.5, 0.6) is 0 Å². The Labute approximate surface area is 335 Å². The number of amides is 2. The van der Waals surface area contributed by atoms with Crippen LogP contribution in [0, 0.1) is 0 Å². The molecule has 0 atom stereocenters. The summed E-state index contributed by atoms with van der Waals surface area (Å²) in [6.07, 6.45) is 0. The lowest BCUT2D eigenvalue weighted by Gasteiger charge is -2.26. The number of esters is 6. The van der Waals surface area contributed by atoms with Crippen LogP contribution in [-0.2, 0) is 66.8 Å². The molecule has 21 nitrogen and oxygen atoms in total. The van der Waals surface area contributed by atoms with Crippen LogP contribution in [0.1, 0.15) is 41.5 Å². The SMILES string of the molecule is CCOC(=O)CN(CCN(CC(=O)OCC)CC(=O)OCC)CC(=O)NCCNCCNC(=O)CN(CCN(CC(=O)OCC)CC(=O)OCC)CC(=O)OCC. The van der Waals surface area contributed by atoms with E-state index in [1.807, 2.05) is 0 Å². The third-order valence-corrected chi connectivity index (χ3v) is 7.40. The number of hydrogen-bond acceptors (Lipinski definition) is 19. The molecule has 3 N–H and O–H groups in total. The van der Waals surface area contributed by atoms with Crippen molar-refractivity contribution in [3.63, 3.8) is 0 Å². The van der Waals surface area contributed by atoms with Gasteiger partial charge in [0.25, 0.3) is 0 Å². The molecule has 0 aromatic heterocycles. The molecule has 2 amide bonds. The van der Waals surface area contributed by atoms with Crippen molar-refractivity contribution in [3.8, 4) is 0 Å². The lowest BCUT2D eigenvalue weighted by Crippen LogP contribution is -2.47. The molecular weight excluding hydrogens is 754 g/mol. The highest BCUT2D eigenvalue weighted by Crippen LogP contribution is 2.00. The summed E-state index contributed by atoms with van der Waals surface area (Å²) in [4.78, 5) is 105. The molecule has 0 rings (SSSR count). The molecule has 0 heterocycles. The minimum absolute atomic E-state index is 0.152. The van der Waals surface area contributed by atoms with E-state index in [-0.39, 0.29) is 143 Å². The van der Waals surface area contributed by atoms with E-state index in [9.17, 15) is 38.4 Å². The average Bonchev–Trinajstić information content (AvgIpc) is 3.12. The third-order valence-electron chi connectivity index (χ3n) is 7.40. The first-order valence-electron chi connectivity index (χ1n) is 19.4. The maximum absolute atomic E-state index is 12.8. The number of carbonyl (C=O) groups excluding carboxylic acids is 8. The fourth-order valence-corrected chi connectivity index (χ4v) is 4.98. The number of rotatable bonds is 34. The van der Waals surface area contributed by atoms with E-state index in [1.165, 1.54) is 9.80 Å². The molecule has 0 aliphatic rings. The Morgan fingerprint density at radius 3 is 0.754 bits per heavy atom. The molecule has 0 aliphatic heterocycles. The van der Waals surface area contributed by atoms with Crippen LogP contribution in [0.15, 0.2) is 0 Å². The van der Waals surface area contributed by atoms with E-state index in [4.69, 9.17) is 28.4 Å². The van der Waals surface area contributed by atoms with Gasteiger partial charge in [0.05, 0.1) is 92.0 Å². The Morgan fingerprint density at radius 2 is 0.544 bits per heavy atom. The monoisotopic (exact) mass is 819 g/mol. The first-order valence-corrected chi connectivity index (χ1v) is 19.4. The van der Waals surface area contributed by atoms with Gasteiger partial charge in [0.15, 0.2) is 0 Å². The van der Waals surface area contributed by atoms with Gasteiger partial charge in [-0.2, -0.15) is 0 Å². The van der Waals surface area contributed by atoms with Crippen molar-refractivity contribution in [1.82, 2.24) is 35.6 Å². The number of hydrogen-bond donors (Lipinski definition) is 3. The van der Waals surface area contributed by atoms with E-state index in [0.29, 0.717) is 13.1 Å². The summed E-state index contributed by atoms with van der Waals surface area (Å²) in [6, 6.07) is 0. The van der Waals surface area contributed by atoms with Crippen molar-refractivity contribution in [2.24, 2.45) is 0 Å². The molecule has 0 unspecified atom stereocenters. The van der Waals surface area contributed by atoms with Gasteiger partial charge in [-0.15, -0.1) is 0 Å². The lowest BCUT2D eigenvalue weighted by atomic mass is 10.3. The molecule has 0 aromatic rings. The zero-order valence-electron chi connectivity index (χ0n) is 34.6. The standard InChI is InChI=1S/C36H65N7O14/c1-7-52-31(46)23-40(17-19-42(25-33(48)54-9-3)26-34(49)55-10-4)21-29(44)38-15-13-37-14-16-39-30(45)22-41(24-32(47)53-8-2)18-20-43(27-35(50)56-11-5)28-36(51)57-12-6/h37H,7-28H2,1-6H3,(H,38,44)(H,39,45). The van der Waals surface area contributed by atoms with Gasteiger partial charge >= 0.3 is 35.8 Å². The van der Waals surface area contributed by atoms with Gasteiger partial charge in [0.1, 0.15) is 0 Å². The number of carbonyl (C=O) groups is 8. The van der Waals surface area contributed by atoms with Crippen molar-refractivity contribution < 1.29 is 66.8 Å². The van der Waals surface area contributed by atoms with Crippen molar-refractivity contribution in [3.05, 3.63) is 0 Å². The van der Waals surface area contributed by atoms with Crippen molar-refractivity contribution >= 4 is 47.6 Å². The van der Waals surface area contributed by atoms with Crippen LogP contribution in [0.2, 0.25) is 0 Å². The molecule has 21 heteroatoms. The fourth-order valence-electron chi connectivity index (χ4n) is 4.98. The van der Waals surface area contributed by atoms with Gasteiger partial charge < -0.3 is 44.4 Å². The predicted molar refractivity (Wildman–Crippen MR) is 204 cm³/mol. The van der Waals surface area contributed by atoms with Crippen LogP contribution in [0.3, 0.4) is 0 Å². The van der Waals surface area contributed by atoms with Crippen molar-refractivity contribution in [2.45, 2.75) is 41.5 Å². The molecule has 57 heavy (non-hydrogen) atoms. The number of nitrogens with zero attached hydrogens (tertiary/aromatic N) is 4. The summed E-state index contributed by atoms with van der Waals surface area (Å²) in [5.41, 5.74) is 0. The maximum atomic E-state index is 12.8.